The van der Waals surface area contributed by atoms with E-state index in [9.17, 15) is 4.79 Å². The second-order valence-corrected chi connectivity index (χ2v) is 5.00. The molecule has 22 heavy (non-hydrogen) atoms. The molecule has 4 nitrogen and oxygen atoms in total. The summed E-state index contributed by atoms with van der Waals surface area (Å²) in [7, 11) is 3.16. The summed E-state index contributed by atoms with van der Waals surface area (Å²) in [5.41, 5.74) is 2.61. The van der Waals surface area contributed by atoms with Gasteiger partial charge in [0, 0.05) is 17.7 Å². The first-order chi connectivity index (χ1) is 10.7. The lowest BCUT2D eigenvalue weighted by atomic mass is 10.1. The van der Waals surface area contributed by atoms with Crippen molar-refractivity contribution >= 4 is 5.91 Å². The number of hydrogen-bond acceptors (Lipinski definition) is 3. The Hall–Kier alpha value is -2.49. The van der Waals surface area contributed by atoms with Gasteiger partial charge in [-0.25, -0.2) is 0 Å². The Labute approximate surface area is 131 Å². The Morgan fingerprint density at radius 1 is 1.05 bits per heavy atom. The fourth-order valence-corrected chi connectivity index (χ4v) is 2.28. The lowest BCUT2D eigenvalue weighted by Crippen LogP contribution is -2.25. The highest BCUT2D eigenvalue weighted by Gasteiger charge is 2.13. The summed E-state index contributed by atoms with van der Waals surface area (Å²) >= 11 is 0. The second kappa shape index (κ2) is 7.50. The van der Waals surface area contributed by atoms with E-state index < -0.39 is 0 Å². The van der Waals surface area contributed by atoms with Crippen molar-refractivity contribution in [3.05, 3.63) is 59.2 Å². The van der Waals surface area contributed by atoms with Gasteiger partial charge in [0.25, 0.3) is 5.91 Å². The molecule has 2 aromatic rings. The number of ether oxygens (including phenoxy) is 2. The molecule has 0 saturated carbocycles. The van der Waals surface area contributed by atoms with Gasteiger partial charge < -0.3 is 14.8 Å². The molecule has 0 fully saturated rings. The first-order valence-electron chi connectivity index (χ1n) is 7.20. The molecule has 1 N–H and O–H groups in total. The third kappa shape index (κ3) is 3.79. The fraction of sp³-hybridized carbons (Fsp3) is 0.278. The van der Waals surface area contributed by atoms with Crippen LogP contribution in [0.3, 0.4) is 0 Å². The van der Waals surface area contributed by atoms with Crippen molar-refractivity contribution in [3.63, 3.8) is 0 Å². The minimum absolute atomic E-state index is 0.132. The summed E-state index contributed by atoms with van der Waals surface area (Å²) in [6.45, 7) is 2.48. The van der Waals surface area contributed by atoms with Crippen LogP contribution in [0.15, 0.2) is 42.5 Å². The Kier molecular flexibility index (Phi) is 5.42. The molecule has 0 aromatic heterocycles. The zero-order chi connectivity index (χ0) is 15.9. The van der Waals surface area contributed by atoms with Crippen LogP contribution in [0, 0.1) is 6.92 Å². The van der Waals surface area contributed by atoms with Crippen LogP contribution in [-0.4, -0.2) is 26.7 Å². The summed E-state index contributed by atoms with van der Waals surface area (Å²) in [6, 6.07) is 13.5. The minimum atomic E-state index is -0.132. The average molecular weight is 299 g/mol. The van der Waals surface area contributed by atoms with Gasteiger partial charge >= 0.3 is 0 Å². The fourth-order valence-electron chi connectivity index (χ4n) is 2.28. The molecule has 0 unspecified atom stereocenters. The van der Waals surface area contributed by atoms with E-state index in [1.807, 2.05) is 37.3 Å². The smallest absolute Gasteiger partial charge is 0.251 e. The van der Waals surface area contributed by atoms with Gasteiger partial charge in [0.05, 0.1) is 14.2 Å². The van der Waals surface area contributed by atoms with E-state index in [0.717, 1.165) is 12.0 Å². The molecule has 0 aliphatic carbocycles. The largest absolute Gasteiger partial charge is 0.496 e. The maximum atomic E-state index is 12.3. The van der Waals surface area contributed by atoms with Gasteiger partial charge in [0.1, 0.15) is 11.5 Å². The van der Waals surface area contributed by atoms with Gasteiger partial charge in [-0.2, -0.15) is 0 Å². The van der Waals surface area contributed by atoms with Gasteiger partial charge in [0.2, 0.25) is 0 Å². The zero-order valence-electron chi connectivity index (χ0n) is 13.2. The molecule has 116 valence electrons. The van der Waals surface area contributed by atoms with Crippen LogP contribution >= 0.6 is 0 Å². The van der Waals surface area contributed by atoms with Crippen molar-refractivity contribution in [2.75, 3.05) is 20.8 Å². The topological polar surface area (TPSA) is 47.6 Å². The summed E-state index contributed by atoms with van der Waals surface area (Å²) in [5.74, 6) is 1.16. The van der Waals surface area contributed by atoms with Crippen molar-refractivity contribution in [1.82, 2.24) is 5.32 Å². The number of hydrogen-bond donors (Lipinski definition) is 1. The molecule has 2 rings (SSSR count). The molecule has 0 radical (unpaired) electrons. The van der Waals surface area contributed by atoms with Crippen LogP contribution in [0.1, 0.15) is 21.5 Å². The van der Waals surface area contributed by atoms with E-state index in [4.69, 9.17) is 9.47 Å². The predicted octanol–water partition coefficient (Wildman–Crippen LogP) is 2.98. The molecule has 0 heterocycles. The van der Waals surface area contributed by atoms with E-state index in [1.165, 1.54) is 5.56 Å². The monoisotopic (exact) mass is 299 g/mol. The van der Waals surface area contributed by atoms with Crippen LogP contribution in [-0.2, 0) is 6.42 Å². The van der Waals surface area contributed by atoms with Crippen molar-refractivity contribution in [3.8, 4) is 11.5 Å². The number of carbonyl (C=O) groups is 1. The Morgan fingerprint density at radius 2 is 1.64 bits per heavy atom. The number of nitrogens with one attached hydrogen (secondary N) is 1. The van der Waals surface area contributed by atoms with Gasteiger partial charge in [0.15, 0.2) is 0 Å². The van der Waals surface area contributed by atoms with Crippen molar-refractivity contribution in [2.24, 2.45) is 0 Å². The van der Waals surface area contributed by atoms with Crippen LogP contribution in [0.25, 0.3) is 0 Å². The molecule has 0 bridgehead atoms. The molecule has 1 amide bonds. The highest BCUT2D eigenvalue weighted by Crippen LogP contribution is 2.29. The summed E-state index contributed by atoms with van der Waals surface area (Å²) < 4.78 is 10.6. The van der Waals surface area contributed by atoms with Crippen LogP contribution < -0.4 is 14.8 Å². The van der Waals surface area contributed by atoms with Gasteiger partial charge in [-0.15, -0.1) is 0 Å². The summed E-state index contributed by atoms with van der Waals surface area (Å²) in [6.07, 6.45) is 0.798. The maximum Gasteiger partial charge on any atom is 0.251 e. The first kappa shape index (κ1) is 15.9. The Bertz CT molecular complexity index is 613. The average Bonchev–Trinajstić information content (AvgIpc) is 2.56. The molecular formula is C18H21NO3. The lowest BCUT2D eigenvalue weighted by Gasteiger charge is -2.12. The number of carbonyl (C=O) groups excluding carboxylic acids is 1. The van der Waals surface area contributed by atoms with Crippen LogP contribution in [0.2, 0.25) is 0 Å². The van der Waals surface area contributed by atoms with Crippen LogP contribution in [0.4, 0.5) is 0 Å². The summed E-state index contributed by atoms with van der Waals surface area (Å²) in [5, 5.41) is 2.92. The van der Waals surface area contributed by atoms with Gasteiger partial charge in [-0.05, 0) is 31.0 Å². The first-order valence-corrected chi connectivity index (χ1v) is 7.20. The van der Waals surface area contributed by atoms with E-state index >= 15 is 0 Å². The third-order valence-electron chi connectivity index (χ3n) is 3.56. The Morgan fingerprint density at radius 3 is 2.18 bits per heavy atom. The molecule has 0 atom stereocenters. The van der Waals surface area contributed by atoms with Gasteiger partial charge in [-0.1, -0.05) is 30.3 Å². The Balaban J connectivity index is 2.03. The molecule has 0 aliphatic rings. The van der Waals surface area contributed by atoms with Gasteiger partial charge in [-0.3, -0.25) is 4.79 Å². The normalized spacial score (nSPS) is 10.1. The quantitative estimate of drug-likeness (QED) is 0.892. The van der Waals surface area contributed by atoms with E-state index in [-0.39, 0.29) is 5.91 Å². The zero-order valence-corrected chi connectivity index (χ0v) is 13.2. The number of benzene rings is 2. The molecular weight excluding hydrogens is 278 g/mol. The SMILES string of the molecule is COc1cc(C(=O)NCCc2ccccc2)cc(OC)c1C. The number of amides is 1. The van der Waals surface area contributed by atoms with Crippen molar-refractivity contribution in [2.45, 2.75) is 13.3 Å². The van der Waals surface area contributed by atoms with Crippen LogP contribution in [0.5, 0.6) is 11.5 Å². The minimum Gasteiger partial charge on any atom is -0.496 e. The highest BCUT2D eigenvalue weighted by atomic mass is 16.5. The highest BCUT2D eigenvalue weighted by molar-refractivity contribution is 5.95. The molecule has 0 saturated heterocycles. The van der Waals surface area contributed by atoms with E-state index in [2.05, 4.69) is 5.32 Å². The molecule has 2 aromatic carbocycles. The van der Waals surface area contributed by atoms with E-state index in [0.29, 0.717) is 23.6 Å². The molecule has 0 spiro atoms. The lowest BCUT2D eigenvalue weighted by molar-refractivity contribution is 0.0953. The molecule has 4 heteroatoms. The summed E-state index contributed by atoms with van der Waals surface area (Å²) in [4.78, 5) is 12.3. The van der Waals surface area contributed by atoms with Crippen molar-refractivity contribution < 1.29 is 14.3 Å². The second-order valence-electron chi connectivity index (χ2n) is 5.00. The van der Waals surface area contributed by atoms with E-state index in [1.54, 1.807) is 26.4 Å². The third-order valence-corrected chi connectivity index (χ3v) is 3.56. The number of rotatable bonds is 6. The molecule has 0 aliphatic heterocycles. The predicted molar refractivity (Wildman–Crippen MR) is 86.8 cm³/mol. The standard InChI is InChI=1S/C18H21NO3/c1-13-16(21-2)11-15(12-17(13)22-3)18(20)19-10-9-14-7-5-4-6-8-14/h4-8,11-12H,9-10H2,1-3H3,(H,19,20). The van der Waals surface area contributed by atoms with Crippen molar-refractivity contribution in [1.29, 1.82) is 0 Å². The maximum absolute atomic E-state index is 12.3. The number of methoxy groups -OCH3 is 2.